The van der Waals surface area contributed by atoms with Crippen molar-refractivity contribution in [1.82, 2.24) is 0 Å². The van der Waals surface area contributed by atoms with Gasteiger partial charge in [-0.05, 0) is 0 Å². The van der Waals surface area contributed by atoms with Crippen molar-refractivity contribution in [1.29, 1.82) is 0 Å². The van der Waals surface area contributed by atoms with Crippen LogP contribution in [0.2, 0.25) is 0 Å². The summed E-state index contributed by atoms with van der Waals surface area (Å²) in [5, 5.41) is 9.97. The van der Waals surface area contributed by atoms with E-state index in [1.807, 2.05) is 12.4 Å². The van der Waals surface area contributed by atoms with Crippen molar-refractivity contribution in [3.8, 4) is 0 Å². The molecule has 0 heterocycles. The number of quaternary nitrogens is 1. The third-order valence-corrected chi connectivity index (χ3v) is 3.94. The average molecular weight is 356 g/mol. The van der Waals surface area contributed by atoms with E-state index in [0.29, 0.717) is 0 Å². The second-order valence-corrected chi connectivity index (χ2v) is 6.26. The summed E-state index contributed by atoms with van der Waals surface area (Å²) in [4.78, 5) is 0. The van der Waals surface area contributed by atoms with E-state index in [0.717, 1.165) is 10.7 Å². The molecule has 0 aromatic heterocycles. The molecule has 0 amide bonds. The first-order valence-electron chi connectivity index (χ1n) is 4.38. The number of hydrogen-bond donors (Lipinski definition) is 2. The van der Waals surface area contributed by atoms with Crippen molar-refractivity contribution >= 4 is 20.0 Å². The number of likely N-dealkylation sites (N-methyl/N-ethyl adjacent to an activating group) is 1. The minimum atomic E-state index is -6.72. The lowest BCUT2D eigenvalue weighted by Gasteiger charge is -2.22. The standard InChI is InChI=1S/C3H9NO.C2F6NO4S2/c1-4-2-3-5;3-1(4,5)14(10,11)9-15(12,13)2(6,7)8/h4-5H,2-3H2,1H3;/q;-1/p+1. The summed E-state index contributed by atoms with van der Waals surface area (Å²) in [6, 6.07) is 0. The Kier molecular flexibility index (Phi) is 8.00. The van der Waals surface area contributed by atoms with Gasteiger partial charge in [-0.25, -0.2) is 16.8 Å². The largest absolute Gasteiger partial charge is 0.480 e. The van der Waals surface area contributed by atoms with Crippen molar-refractivity contribution < 1.29 is 53.6 Å². The third-order valence-electron chi connectivity index (χ3n) is 1.20. The lowest BCUT2D eigenvalue weighted by Crippen LogP contribution is -2.80. The Morgan fingerprint density at radius 3 is 1.35 bits per heavy atom. The Labute approximate surface area is 110 Å². The summed E-state index contributed by atoms with van der Waals surface area (Å²) in [5.41, 5.74) is -12.4. The van der Waals surface area contributed by atoms with Gasteiger partial charge in [0.25, 0.3) is 0 Å². The predicted octanol–water partition coefficient (Wildman–Crippen LogP) is -0.769. The number of nitrogens with two attached hydrogens (primary N) is 1. The summed E-state index contributed by atoms with van der Waals surface area (Å²) in [5.74, 6) is 0. The zero-order chi connectivity index (χ0) is 16.8. The van der Waals surface area contributed by atoms with Gasteiger partial charge >= 0.3 is 11.0 Å². The molecule has 0 saturated carbocycles. The molecule has 124 valence electrons. The number of sulfonamides is 2. The Morgan fingerprint density at radius 1 is 0.950 bits per heavy atom. The first-order chi connectivity index (χ1) is 8.62. The molecule has 0 saturated heterocycles. The maximum atomic E-state index is 11.4. The van der Waals surface area contributed by atoms with Crippen molar-refractivity contribution in [2.45, 2.75) is 11.0 Å². The van der Waals surface area contributed by atoms with E-state index in [-0.39, 0.29) is 6.61 Å². The lowest BCUT2D eigenvalue weighted by molar-refractivity contribution is -0.628. The molecule has 0 aromatic rings. The molecule has 0 bridgehead atoms. The third kappa shape index (κ3) is 7.22. The Hall–Kier alpha value is -0.640. The molecule has 15 heteroatoms. The van der Waals surface area contributed by atoms with E-state index >= 15 is 0 Å². The Balaban J connectivity index is 0. The van der Waals surface area contributed by atoms with E-state index < -0.39 is 31.1 Å². The number of aliphatic hydroxyl groups is 1. The van der Waals surface area contributed by atoms with E-state index in [9.17, 15) is 43.2 Å². The molecule has 0 fully saturated rings. The van der Waals surface area contributed by atoms with Gasteiger partial charge in [-0.3, -0.25) is 0 Å². The van der Waals surface area contributed by atoms with Gasteiger partial charge in [-0.2, -0.15) is 26.3 Å². The molecule has 0 aliphatic heterocycles. The molecule has 0 radical (unpaired) electrons. The molecule has 0 atom stereocenters. The number of rotatable bonds is 4. The van der Waals surface area contributed by atoms with Crippen LogP contribution in [0.5, 0.6) is 0 Å². The molecule has 0 aromatic carbocycles. The van der Waals surface area contributed by atoms with Crippen LogP contribution in [0.15, 0.2) is 0 Å². The zero-order valence-corrected chi connectivity index (χ0v) is 11.2. The highest BCUT2D eigenvalue weighted by Crippen LogP contribution is 2.36. The van der Waals surface area contributed by atoms with Gasteiger partial charge in [0.2, 0.25) is 0 Å². The van der Waals surface area contributed by atoms with Crippen molar-refractivity contribution in [2.75, 3.05) is 20.2 Å². The smallest absolute Gasteiger partial charge is 0.421 e. The predicted molar refractivity (Wildman–Crippen MR) is 53.1 cm³/mol. The van der Waals surface area contributed by atoms with Crippen molar-refractivity contribution in [3.05, 3.63) is 4.13 Å². The summed E-state index contributed by atoms with van der Waals surface area (Å²) in [6.07, 6.45) is 0. The second-order valence-electron chi connectivity index (χ2n) is 2.84. The SMILES string of the molecule is C[NH2+]CCO.O=S(=O)([N-]S(=O)(=O)C(F)(F)F)C(F)(F)F. The molecule has 7 nitrogen and oxygen atoms in total. The maximum absolute atomic E-state index is 11.4. The monoisotopic (exact) mass is 356 g/mol. The quantitative estimate of drug-likeness (QED) is 0.641. The maximum Gasteiger partial charge on any atom is 0.480 e. The van der Waals surface area contributed by atoms with Crippen LogP contribution in [-0.4, -0.2) is 53.2 Å². The lowest BCUT2D eigenvalue weighted by atomic mass is 10.7. The van der Waals surface area contributed by atoms with Gasteiger partial charge in [0, 0.05) is 0 Å². The van der Waals surface area contributed by atoms with Gasteiger partial charge in [0.05, 0.1) is 20.2 Å². The van der Waals surface area contributed by atoms with Crippen LogP contribution in [0, 0.1) is 0 Å². The minimum Gasteiger partial charge on any atom is -0.421 e. The van der Waals surface area contributed by atoms with E-state index in [4.69, 9.17) is 5.11 Å². The van der Waals surface area contributed by atoms with Crippen LogP contribution in [0.25, 0.3) is 4.13 Å². The summed E-state index contributed by atoms with van der Waals surface area (Å²) >= 11 is 0. The van der Waals surface area contributed by atoms with Crippen molar-refractivity contribution in [2.24, 2.45) is 0 Å². The van der Waals surface area contributed by atoms with Crippen LogP contribution in [-0.2, 0) is 20.0 Å². The fourth-order valence-electron chi connectivity index (χ4n) is 0.343. The van der Waals surface area contributed by atoms with E-state index in [1.54, 1.807) is 0 Å². The van der Waals surface area contributed by atoms with Crippen LogP contribution >= 0.6 is 0 Å². The van der Waals surface area contributed by atoms with Crippen LogP contribution in [0.4, 0.5) is 26.3 Å². The fourth-order valence-corrected chi connectivity index (χ4v) is 2.05. The number of nitrogens with zero attached hydrogens (tertiary/aromatic N) is 1. The number of halogens is 6. The number of aliphatic hydroxyl groups excluding tert-OH is 1. The van der Waals surface area contributed by atoms with Gasteiger partial charge < -0.3 is 14.6 Å². The topological polar surface area (TPSA) is 119 Å². The van der Waals surface area contributed by atoms with E-state index in [1.165, 1.54) is 0 Å². The average Bonchev–Trinajstić information content (AvgIpc) is 2.14. The molecular weight excluding hydrogens is 346 g/mol. The normalized spacial score (nSPS) is 13.6. The highest BCUT2D eigenvalue weighted by atomic mass is 32.3. The van der Waals surface area contributed by atoms with Crippen LogP contribution in [0.1, 0.15) is 0 Å². The molecule has 0 rings (SSSR count). The molecule has 0 aliphatic rings. The van der Waals surface area contributed by atoms with Gasteiger partial charge in [0.1, 0.15) is 0 Å². The number of hydrogen-bond acceptors (Lipinski definition) is 5. The van der Waals surface area contributed by atoms with E-state index in [2.05, 4.69) is 0 Å². The molecule has 0 unspecified atom stereocenters. The summed E-state index contributed by atoms with van der Waals surface area (Å²) < 4.78 is 109. The fraction of sp³-hybridized carbons (Fsp3) is 1.00. The first-order valence-corrected chi connectivity index (χ1v) is 7.26. The summed E-state index contributed by atoms with van der Waals surface area (Å²) in [6.45, 7) is 1.11. The Morgan fingerprint density at radius 2 is 1.25 bits per heavy atom. The Bertz CT molecular complexity index is 437. The van der Waals surface area contributed by atoms with Crippen LogP contribution < -0.4 is 5.32 Å². The number of alkyl halides is 6. The van der Waals surface area contributed by atoms with Crippen LogP contribution in [0.3, 0.4) is 0 Å². The molecule has 3 N–H and O–H groups in total. The zero-order valence-electron chi connectivity index (χ0n) is 9.60. The first kappa shape index (κ1) is 21.7. The van der Waals surface area contributed by atoms with Gasteiger partial charge in [-0.1, -0.05) is 0 Å². The summed E-state index contributed by atoms with van der Waals surface area (Å²) in [7, 11) is -11.5. The highest BCUT2D eigenvalue weighted by molar-refractivity contribution is 8.13. The molecule has 0 aliphatic carbocycles. The molecular formula is C5H10F6N2O5S2. The minimum absolute atomic E-state index is 0.288. The molecule has 20 heavy (non-hydrogen) atoms. The highest BCUT2D eigenvalue weighted by Gasteiger charge is 2.46. The second kappa shape index (κ2) is 7.39. The van der Waals surface area contributed by atoms with Gasteiger partial charge in [0.15, 0.2) is 20.0 Å². The molecule has 0 spiro atoms. The van der Waals surface area contributed by atoms with Gasteiger partial charge in [-0.15, -0.1) is 0 Å². The van der Waals surface area contributed by atoms with Crippen molar-refractivity contribution in [3.63, 3.8) is 0 Å².